The summed E-state index contributed by atoms with van der Waals surface area (Å²) in [6.45, 7) is 1.54. The predicted octanol–water partition coefficient (Wildman–Crippen LogP) is 1.13. The maximum absolute atomic E-state index is 12.2. The van der Waals surface area contributed by atoms with Gasteiger partial charge < -0.3 is 0 Å². The molecule has 0 unspecified atom stereocenters. The van der Waals surface area contributed by atoms with E-state index >= 15 is 0 Å². The standard InChI is InChI=1S/C13H8BrN3O2S/c1-7-11(18)15-13-17(16-7)12(19)10(20-13)6-8-4-2-3-5-9(8)14/h2-6H,1H3. The molecule has 5 nitrogen and oxygen atoms in total. The van der Waals surface area contributed by atoms with Crippen LogP contribution in [0.5, 0.6) is 0 Å². The molecule has 0 aliphatic heterocycles. The Labute approximate surface area is 125 Å². The van der Waals surface area contributed by atoms with Crippen molar-refractivity contribution in [2.45, 2.75) is 6.92 Å². The summed E-state index contributed by atoms with van der Waals surface area (Å²) in [5.41, 5.74) is 0.427. The maximum Gasteiger partial charge on any atom is 0.295 e. The van der Waals surface area contributed by atoms with Crippen molar-refractivity contribution >= 4 is 38.3 Å². The van der Waals surface area contributed by atoms with E-state index in [2.05, 4.69) is 26.0 Å². The monoisotopic (exact) mass is 349 g/mol. The molecule has 0 atom stereocenters. The largest absolute Gasteiger partial charge is 0.295 e. The molecule has 2 heterocycles. The predicted molar refractivity (Wildman–Crippen MR) is 81.1 cm³/mol. The quantitative estimate of drug-likeness (QED) is 0.660. The molecule has 0 fully saturated rings. The lowest BCUT2D eigenvalue weighted by Gasteiger charge is -1.94. The van der Waals surface area contributed by atoms with Gasteiger partial charge in [0.05, 0.1) is 4.53 Å². The number of benzene rings is 1. The van der Waals surface area contributed by atoms with Crippen LogP contribution in [0.2, 0.25) is 0 Å². The number of aryl methyl sites for hydroxylation is 1. The van der Waals surface area contributed by atoms with Crippen molar-refractivity contribution in [1.29, 1.82) is 0 Å². The summed E-state index contributed by atoms with van der Waals surface area (Å²) in [5, 5.41) is 3.97. The highest BCUT2D eigenvalue weighted by atomic mass is 79.9. The number of thiazole rings is 1. The van der Waals surface area contributed by atoms with Gasteiger partial charge in [-0.25, -0.2) is 0 Å². The van der Waals surface area contributed by atoms with Gasteiger partial charge in [-0.3, -0.25) is 9.59 Å². The summed E-state index contributed by atoms with van der Waals surface area (Å²) in [4.78, 5) is 27.9. The van der Waals surface area contributed by atoms with Crippen LogP contribution in [0, 0.1) is 6.92 Å². The Morgan fingerprint density at radius 2 is 2.05 bits per heavy atom. The van der Waals surface area contributed by atoms with Crippen LogP contribution >= 0.6 is 27.3 Å². The van der Waals surface area contributed by atoms with E-state index in [4.69, 9.17) is 0 Å². The Morgan fingerprint density at radius 1 is 1.30 bits per heavy atom. The zero-order valence-electron chi connectivity index (χ0n) is 10.3. The molecule has 0 saturated carbocycles. The highest BCUT2D eigenvalue weighted by molar-refractivity contribution is 9.10. The molecule has 0 spiro atoms. The molecule has 0 aliphatic rings. The summed E-state index contributed by atoms with van der Waals surface area (Å²) >= 11 is 4.58. The fraction of sp³-hybridized carbons (Fsp3) is 0.0769. The number of rotatable bonds is 1. The summed E-state index contributed by atoms with van der Waals surface area (Å²) in [7, 11) is 0. The van der Waals surface area contributed by atoms with Crippen LogP contribution in [0.3, 0.4) is 0 Å². The maximum atomic E-state index is 12.2. The molecule has 0 amide bonds. The van der Waals surface area contributed by atoms with E-state index in [0.717, 1.165) is 21.4 Å². The van der Waals surface area contributed by atoms with Crippen molar-refractivity contribution < 1.29 is 0 Å². The normalized spacial score (nSPS) is 12.2. The number of hydrogen-bond donors (Lipinski definition) is 0. The minimum atomic E-state index is -0.404. The average Bonchev–Trinajstić information content (AvgIpc) is 2.70. The zero-order valence-corrected chi connectivity index (χ0v) is 12.7. The fourth-order valence-electron chi connectivity index (χ4n) is 1.72. The first-order valence-corrected chi connectivity index (χ1v) is 7.34. The topological polar surface area (TPSA) is 64.3 Å². The zero-order chi connectivity index (χ0) is 14.3. The van der Waals surface area contributed by atoms with Gasteiger partial charge >= 0.3 is 0 Å². The minimum absolute atomic E-state index is 0.213. The molecule has 0 saturated heterocycles. The van der Waals surface area contributed by atoms with Crippen molar-refractivity contribution in [3.63, 3.8) is 0 Å². The summed E-state index contributed by atoms with van der Waals surface area (Å²) in [6, 6.07) is 7.57. The molecule has 2 aromatic heterocycles. The van der Waals surface area contributed by atoms with Crippen molar-refractivity contribution in [1.82, 2.24) is 14.6 Å². The van der Waals surface area contributed by atoms with E-state index in [9.17, 15) is 9.59 Å². The van der Waals surface area contributed by atoms with Crippen LogP contribution in [0.1, 0.15) is 11.3 Å². The molecule has 3 rings (SSSR count). The Balaban J connectivity index is 2.34. The van der Waals surface area contributed by atoms with E-state index in [0.29, 0.717) is 9.49 Å². The second kappa shape index (κ2) is 4.92. The lowest BCUT2D eigenvalue weighted by Crippen LogP contribution is -2.27. The van der Waals surface area contributed by atoms with Gasteiger partial charge in [0.1, 0.15) is 5.69 Å². The Hall–Kier alpha value is -1.86. The number of hydrogen-bond acceptors (Lipinski definition) is 5. The third-order valence-corrected chi connectivity index (χ3v) is 4.42. The molecule has 20 heavy (non-hydrogen) atoms. The summed E-state index contributed by atoms with van der Waals surface area (Å²) in [6.07, 6.45) is 1.76. The second-order valence-corrected chi connectivity index (χ2v) is 6.00. The third-order valence-electron chi connectivity index (χ3n) is 2.73. The van der Waals surface area contributed by atoms with Gasteiger partial charge in [0.15, 0.2) is 0 Å². The second-order valence-electron chi connectivity index (χ2n) is 4.13. The molecule has 1 aromatic carbocycles. The molecule has 0 radical (unpaired) electrons. The van der Waals surface area contributed by atoms with Crippen molar-refractivity contribution in [3.8, 4) is 0 Å². The highest BCUT2D eigenvalue weighted by Gasteiger charge is 2.08. The molecule has 100 valence electrons. The van der Waals surface area contributed by atoms with Gasteiger partial charge in [0.2, 0.25) is 4.96 Å². The van der Waals surface area contributed by atoms with Crippen LogP contribution in [0.15, 0.2) is 38.3 Å². The highest BCUT2D eigenvalue weighted by Crippen LogP contribution is 2.16. The molecule has 0 aliphatic carbocycles. The average molecular weight is 350 g/mol. The summed E-state index contributed by atoms with van der Waals surface area (Å²) in [5.74, 6) is 0. The van der Waals surface area contributed by atoms with Gasteiger partial charge in [0.25, 0.3) is 11.1 Å². The number of halogens is 1. The van der Waals surface area contributed by atoms with E-state index in [1.54, 1.807) is 6.08 Å². The molecule has 3 aromatic rings. The van der Waals surface area contributed by atoms with Crippen LogP contribution in [-0.4, -0.2) is 14.6 Å². The first kappa shape index (κ1) is 13.1. The first-order chi connectivity index (χ1) is 9.56. The van der Waals surface area contributed by atoms with E-state index < -0.39 is 5.56 Å². The van der Waals surface area contributed by atoms with Crippen molar-refractivity contribution in [2.75, 3.05) is 0 Å². The first-order valence-electron chi connectivity index (χ1n) is 5.73. The van der Waals surface area contributed by atoms with Crippen LogP contribution in [0.25, 0.3) is 11.0 Å². The lowest BCUT2D eigenvalue weighted by molar-refractivity contribution is 0.833. The molecule has 0 bridgehead atoms. The van der Waals surface area contributed by atoms with Gasteiger partial charge in [0, 0.05) is 4.47 Å². The SMILES string of the molecule is Cc1nn2c(=O)c(=Cc3ccccc3Br)sc2nc1=O. The lowest BCUT2D eigenvalue weighted by atomic mass is 10.2. The Bertz CT molecular complexity index is 977. The Kier molecular flexibility index (Phi) is 3.23. The van der Waals surface area contributed by atoms with Crippen molar-refractivity contribution in [3.05, 3.63) is 65.2 Å². The molecule has 7 heteroatoms. The van der Waals surface area contributed by atoms with Gasteiger partial charge in [-0.2, -0.15) is 14.6 Å². The van der Waals surface area contributed by atoms with Gasteiger partial charge in [-0.15, -0.1) is 0 Å². The number of aromatic nitrogens is 3. The molecular weight excluding hydrogens is 342 g/mol. The molecule has 0 N–H and O–H groups in total. The third kappa shape index (κ3) is 2.19. The van der Waals surface area contributed by atoms with Gasteiger partial charge in [-0.1, -0.05) is 45.5 Å². The number of fused-ring (bicyclic) bond motifs is 1. The summed E-state index contributed by atoms with van der Waals surface area (Å²) < 4.78 is 2.55. The molecular formula is C13H8BrN3O2S. The Morgan fingerprint density at radius 3 is 2.80 bits per heavy atom. The van der Waals surface area contributed by atoms with Crippen molar-refractivity contribution in [2.24, 2.45) is 0 Å². The minimum Gasteiger partial charge on any atom is -0.266 e. The van der Waals surface area contributed by atoms with E-state index in [1.807, 2.05) is 24.3 Å². The van der Waals surface area contributed by atoms with Crippen LogP contribution < -0.4 is 15.7 Å². The van der Waals surface area contributed by atoms with Crippen LogP contribution in [-0.2, 0) is 0 Å². The smallest absolute Gasteiger partial charge is 0.266 e. The van der Waals surface area contributed by atoms with E-state index in [-0.39, 0.29) is 11.3 Å². The van der Waals surface area contributed by atoms with Gasteiger partial charge in [-0.05, 0) is 24.6 Å². The fourth-order valence-corrected chi connectivity index (χ4v) is 3.01. The van der Waals surface area contributed by atoms with E-state index in [1.165, 1.54) is 11.4 Å². The van der Waals surface area contributed by atoms with Crippen LogP contribution in [0.4, 0.5) is 0 Å². The number of nitrogens with zero attached hydrogens (tertiary/aromatic N) is 3.